The van der Waals surface area contributed by atoms with Gasteiger partial charge in [0.1, 0.15) is 0 Å². The molecule has 0 spiro atoms. The quantitative estimate of drug-likeness (QED) is 0.0248. The van der Waals surface area contributed by atoms with E-state index >= 15 is 0 Å². The number of unbranched alkanes of at least 4 members (excludes halogenated alkanes) is 36. The molecule has 13 nitrogen and oxygen atoms in total. The van der Waals surface area contributed by atoms with E-state index in [0.29, 0.717) is 79.3 Å². The van der Waals surface area contributed by atoms with Crippen molar-refractivity contribution in [3.63, 3.8) is 0 Å². The Morgan fingerprint density at radius 2 is 0.229 bits per heavy atom. The van der Waals surface area contributed by atoms with Crippen LogP contribution in [0.4, 0.5) is 0 Å². The summed E-state index contributed by atoms with van der Waals surface area (Å²) in [5, 5.41) is 0. The fraction of sp³-hybridized carbons (Fsp3) is 1.00. The molecule has 0 saturated heterocycles. The Hall–Kier alpha value is 6.23. The van der Waals surface area contributed by atoms with Gasteiger partial charge in [-0.25, -0.2) is 0 Å². The zero-order valence-corrected chi connectivity index (χ0v) is 86.1. The molecule has 0 unspecified atom stereocenters. The van der Waals surface area contributed by atoms with Gasteiger partial charge in [-0.2, -0.15) is 4.21 Å². The van der Waals surface area contributed by atoms with Crippen LogP contribution in [0.1, 0.15) is 391 Å². The van der Waals surface area contributed by atoms with E-state index < -0.39 is 34.2 Å². The number of rotatable bonds is 72. The summed E-state index contributed by atoms with van der Waals surface area (Å²) in [4.78, 5) is 0. The third-order valence-corrected chi connectivity index (χ3v) is 28.5. The van der Waals surface area contributed by atoms with E-state index in [1.54, 1.807) is 0 Å². The first-order valence-electron chi connectivity index (χ1n) is 40.5. The molecule has 0 aromatic carbocycles. The van der Waals surface area contributed by atoms with Gasteiger partial charge in [0, 0.05) is 21.1 Å². The summed E-state index contributed by atoms with van der Waals surface area (Å²) < 4.78 is 73.8. The topological polar surface area (TPSA) is 128 Å². The van der Waals surface area contributed by atoms with Crippen molar-refractivity contribution in [1.82, 2.24) is 0 Å². The normalized spacial score (nSPS) is 11.6. The minimum Gasteiger partial charge on any atom is -0.691 e. The zero-order chi connectivity index (χ0) is 79.9. The van der Waals surface area contributed by atoms with Crippen LogP contribution in [0.5, 0.6) is 0 Å². The SMILES string of the molecule is CCCCCCOP(=S)([S-])OCCCCCC.CCCCCCOP(=S)([S-])OCCCCCC.CCCCCCOP(=S)([S-])OCCCCCC.CCCCCCOP(=S)([S-])OCCCCCC.CCCCCCOP(=S)([S-])OCCCCCC.CCCCCCOP(=S)([S-])OCCCCCC.O=S.[Mo]. The second-order valence-electron chi connectivity index (χ2n) is 25.4. The van der Waals surface area contributed by atoms with E-state index in [9.17, 15) is 0 Å². The van der Waals surface area contributed by atoms with E-state index in [4.69, 9.17) is 203 Å². The molecule has 0 radical (unpaired) electrons. The smallest absolute Gasteiger partial charge is 0.197 e. The Balaban J connectivity index is -0.000000178. The van der Waals surface area contributed by atoms with Gasteiger partial charge in [0.2, 0.25) is 0 Å². The first-order chi connectivity index (χ1) is 49.7. The van der Waals surface area contributed by atoms with Crippen molar-refractivity contribution in [2.45, 2.75) is 391 Å². The van der Waals surface area contributed by atoms with E-state index in [1.165, 1.54) is 231 Å². The molecule has 0 heterocycles. The molecule has 0 amide bonds. The maximum atomic E-state index is 7.83. The van der Waals surface area contributed by atoms with Crippen LogP contribution in [0.15, 0.2) is 0 Å². The summed E-state index contributed by atoms with van der Waals surface area (Å²) >= 11 is 65.0. The third kappa shape index (κ3) is 124. The van der Waals surface area contributed by atoms with Gasteiger partial charge >= 0.3 is 0 Å². The van der Waals surface area contributed by atoms with Crippen molar-refractivity contribution in [2.75, 3.05) is 79.3 Å². The molecule has 0 bridgehead atoms. The van der Waals surface area contributed by atoms with Gasteiger partial charge in [-0.05, 0) is 77.0 Å². The Morgan fingerprint density at radius 1 is 0.162 bits per heavy atom. The van der Waals surface area contributed by atoms with Crippen molar-refractivity contribution >= 4 is 191 Å². The van der Waals surface area contributed by atoms with Crippen molar-refractivity contribution < 1.29 is 79.6 Å². The summed E-state index contributed by atoms with van der Waals surface area (Å²) in [6.45, 7) is 34.3. The predicted octanol–water partition coefficient (Wildman–Crippen LogP) is 29.4. The van der Waals surface area contributed by atoms with E-state index in [0.717, 1.165) is 77.0 Å². The molecule has 642 valence electrons. The molecule has 0 fully saturated rings. The van der Waals surface area contributed by atoms with Crippen molar-refractivity contribution in [3.8, 4) is 0 Å². The summed E-state index contributed by atoms with van der Waals surface area (Å²) in [7, 11) is 0. The number of hydrogen-bond acceptors (Lipinski definition) is 26. The molecule has 0 aliphatic heterocycles. The molecule has 105 heavy (non-hydrogen) atoms. The monoisotopic (exact) mass is 1930 g/mol. The van der Waals surface area contributed by atoms with E-state index in [1.807, 2.05) is 0 Å². The van der Waals surface area contributed by atoms with Crippen molar-refractivity contribution in [2.24, 2.45) is 0 Å². The maximum absolute atomic E-state index is 7.83. The van der Waals surface area contributed by atoms with Gasteiger partial charge in [0.15, 0.2) is 12.5 Å². The van der Waals surface area contributed by atoms with E-state index in [2.05, 4.69) is 95.6 Å². The molecule has 0 aromatic heterocycles. The average Bonchev–Trinajstić information content (AvgIpc) is 1.22. The Morgan fingerprint density at radius 3 is 0.286 bits per heavy atom. The van der Waals surface area contributed by atoms with Gasteiger partial charge in [-0.3, -0.25) is 0 Å². The fourth-order valence-corrected chi connectivity index (χ4v) is 18.7. The van der Waals surface area contributed by atoms with Gasteiger partial charge in [0.25, 0.3) is 0 Å². The molecule has 0 aromatic rings. The van der Waals surface area contributed by atoms with Crippen molar-refractivity contribution in [1.29, 1.82) is 0 Å². The second-order valence-corrected chi connectivity index (χ2v) is 55.3. The molecule has 0 atom stereocenters. The minimum atomic E-state index is -2.37. The molecule has 0 aliphatic rings. The van der Waals surface area contributed by atoms with Crippen LogP contribution >= 0.6 is 34.2 Å². The van der Waals surface area contributed by atoms with Crippen LogP contribution in [0.25, 0.3) is 0 Å². The Kier molecular flexibility index (Phi) is 122. The van der Waals surface area contributed by atoms with Crippen LogP contribution in [-0.2, 0) is 232 Å². The molecule has 33 heteroatoms. The minimum absolute atomic E-state index is 0. The van der Waals surface area contributed by atoms with Crippen LogP contribution in [0.3, 0.4) is 0 Å². The standard InChI is InChI=1S/6C12H27O2PS2.Mo.OS/c6*1-3-5-7-9-11-13-15(16,17)14-12-10-8-6-4-2;;1-2/h6*3-12H2,1-2H3,(H,16,17);;/p-6. The average molecular weight is 1930 g/mol. The predicted molar refractivity (Wildman–Crippen MR) is 499 cm³/mol. The van der Waals surface area contributed by atoms with Gasteiger partial charge in [0.05, 0.1) is 113 Å². The largest absolute Gasteiger partial charge is 0.691 e. The molecular formula is C72H156MoO13P6S13-6. The van der Waals surface area contributed by atoms with Crippen LogP contribution in [0, 0.1) is 0 Å². The molecule has 0 rings (SSSR count). The van der Waals surface area contributed by atoms with Crippen molar-refractivity contribution in [3.05, 3.63) is 0 Å². The van der Waals surface area contributed by atoms with Gasteiger partial charge in [-0.15, -0.1) is 0 Å². The van der Waals surface area contributed by atoms with E-state index in [-0.39, 0.29) is 21.1 Å². The van der Waals surface area contributed by atoms with Crippen LogP contribution < -0.4 is 0 Å². The number of hydrogen-bond donors (Lipinski definition) is 0. The third-order valence-electron chi connectivity index (χ3n) is 15.0. The molecule has 0 saturated carbocycles. The zero-order valence-electron chi connectivity index (χ0n) is 68.1. The Bertz CT molecular complexity index is 1540. The molecule has 0 aliphatic carbocycles. The summed E-state index contributed by atoms with van der Waals surface area (Å²) in [5.41, 5.74) is -14.2. The maximum Gasteiger partial charge on any atom is 0.197 e. The molecule has 0 N–H and O–H groups in total. The van der Waals surface area contributed by atoms with Gasteiger partial charge < -0.3 is 128 Å². The van der Waals surface area contributed by atoms with Crippen LogP contribution in [0.2, 0.25) is 0 Å². The second kappa shape index (κ2) is 101. The first kappa shape index (κ1) is 127. The Labute approximate surface area is 733 Å². The summed E-state index contributed by atoms with van der Waals surface area (Å²) in [6, 6.07) is 0. The molecular weight excluding hydrogens is 1770 g/mol. The summed E-state index contributed by atoms with van der Waals surface area (Å²) in [6.07, 6.45) is 56.6. The van der Waals surface area contributed by atoms with Crippen LogP contribution in [-0.4, -0.2) is 83.5 Å². The van der Waals surface area contributed by atoms with Gasteiger partial charge in [-0.1, -0.05) is 385 Å². The fourth-order valence-electron chi connectivity index (χ4n) is 8.69. The summed E-state index contributed by atoms with van der Waals surface area (Å²) in [5.74, 6) is 0. The first-order valence-corrected chi connectivity index (χ1v) is 62.7.